The zero-order chi connectivity index (χ0) is 12.3. The van der Waals surface area contributed by atoms with Gasteiger partial charge in [0.05, 0.1) is 5.56 Å². The van der Waals surface area contributed by atoms with Crippen LogP contribution in [0.2, 0.25) is 0 Å². The Morgan fingerprint density at radius 2 is 2.06 bits per heavy atom. The van der Waals surface area contributed by atoms with E-state index in [0.29, 0.717) is 5.56 Å². The van der Waals surface area contributed by atoms with E-state index < -0.39 is 5.97 Å². The summed E-state index contributed by atoms with van der Waals surface area (Å²) in [6.45, 7) is 2.12. The number of hydrogen-bond acceptors (Lipinski definition) is 3. The van der Waals surface area contributed by atoms with Crippen LogP contribution in [-0.2, 0) is 0 Å². The van der Waals surface area contributed by atoms with Crippen molar-refractivity contribution >= 4 is 29.1 Å². The molecule has 17 heavy (non-hydrogen) atoms. The topological polar surface area (TPSA) is 37.3 Å². The fourth-order valence-electron chi connectivity index (χ4n) is 1.48. The zero-order valence-electron chi connectivity index (χ0n) is 9.34. The first-order chi connectivity index (χ1) is 8.20. The molecule has 1 N–H and O–H groups in total. The Morgan fingerprint density at radius 3 is 2.59 bits per heavy atom. The van der Waals surface area contributed by atoms with E-state index in [9.17, 15) is 4.79 Å². The SMILES string of the molecule is CCSc1ccc(-c2cc(C(=O)O)cs2)cc1. The lowest BCUT2D eigenvalue weighted by Gasteiger charge is -2.00. The quantitative estimate of drug-likeness (QED) is 0.840. The van der Waals surface area contributed by atoms with Crippen LogP contribution in [0, 0.1) is 0 Å². The fourth-order valence-corrected chi connectivity index (χ4v) is 3.03. The molecule has 2 nitrogen and oxygen atoms in total. The Morgan fingerprint density at radius 1 is 1.35 bits per heavy atom. The average Bonchev–Trinajstić information content (AvgIpc) is 2.80. The number of thioether (sulfide) groups is 1. The highest BCUT2D eigenvalue weighted by Crippen LogP contribution is 2.29. The highest BCUT2D eigenvalue weighted by Gasteiger charge is 2.07. The van der Waals surface area contributed by atoms with Crippen molar-refractivity contribution in [2.24, 2.45) is 0 Å². The molecule has 0 radical (unpaired) electrons. The van der Waals surface area contributed by atoms with Gasteiger partial charge in [0.2, 0.25) is 0 Å². The molecule has 1 aromatic carbocycles. The average molecular weight is 264 g/mol. The van der Waals surface area contributed by atoms with Gasteiger partial charge in [0.15, 0.2) is 0 Å². The van der Waals surface area contributed by atoms with Crippen LogP contribution in [0.5, 0.6) is 0 Å². The third kappa shape index (κ3) is 2.90. The van der Waals surface area contributed by atoms with E-state index >= 15 is 0 Å². The van der Waals surface area contributed by atoms with Crippen molar-refractivity contribution in [3.8, 4) is 10.4 Å². The third-order valence-electron chi connectivity index (χ3n) is 2.30. The van der Waals surface area contributed by atoms with Gasteiger partial charge in [-0.15, -0.1) is 23.1 Å². The van der Waals surface area contributed by atoms with Gasteiger partial charge in [0, 0.05) is 15.2 Å². The lowest BCUT2D eigenvalue weighted by Crippen LogP contribution is -1.91. The molecule has 0 bridgehead atoms. The summed E-state index contributed by atoms with van der Waals surface area (Å²) in [5.74, 6) is 0.187. The van der Waals surface area contributed by atoms with Gasteiger partial charge in [-0.25, -0.2) is 4.79 Å². The summed E-state index contributed by atoms with van der Waals surface area (Å²) in [5.41, 5.74) is 1.43. The molecule has 2 rings (SSSR count). The van der Waals surface area contributed by atoms with Gasteiger partial charge < -0.3 is 5.11 Å². The van der Waals surface area contributed by atoms with E-state index in [2.05, 4.69) is 19.1 Å². The van der Waals surface area contributed by atoms with Crippen molar-refractivity contribution in [1.82, 2.24) is 0 Å². The first kappa shape index (κ1) is 12.2. The Labute approximate surface area is 108 Å². The number of thiophene rings is 1. The summed E-state index contributed by atoms with van der Waals surface area (Å²) >= 11 is 3.26. The first-order valence-electron chi connectivity index (χ1n) is 5.25. The van der Waals surface area contributed by atoms with Crippen LogP contribution in [-0.4, -0.2) is 16.8 Å². The molecule has 2 aromatic rings. The molecule has 0 saturated heterocycles. The summed E-state index contributed by atoms with van der Waals surface area (Å²) in [5, 5.41) is 10.5. The molecule has 0 aliphatic heterocycles. The van der Waals surface area contributed by atoms with Crippen molar-refractivity contribution in [2.75, 3.05) is 5.75 Å². The Kier molecular flexibility index (Phi) is 3.86. The van der Waals surface area contributed by atoms with Gasteiger partial charge in [-0.2, -0.15) is 0 Å². The summed E-state index contributed by atoms with van der Waals surface area (Å²) in [6.07, 6.45) is 0. The van der Waals surface area contributed by atoms with Crippen molar-refractivity contribution in [3.05, 3.63) is 41.3 Å². The van der Waals surface area contributed by atoms with Crippen LogP contribution in [0.15, 0.2) is 40.6 Å². The fraction of sp³-hybridized carbons (Fsp3) is 0.154. The molecular weight excluding hydrogens is 252 g/mol. The van der Waals surface area contributed by atoms with Crippen LogP contribution in [0.25, 0.3) is 10.4 Å². The van der Waals surface area contributed by atoms with E-state index in [1.54, 1.807) is 23.2 Å². The van der Waals surface area contributed by atoms with Gasteiger partial charge >= 0.3 is 5.97 Å². The minimum Gasteiger partial charge on any atom is -0.478 e. The van der Waals surface area contributed by atoms with Gasteiger partial charge in [0.25, 0.3) is 0 Å². The van der Waals surface area contributed by atoms with Gasteiger partial charge in [-0.3, -0.25) is 0 Å². The first-order valence-corrected chi connectivity index (χ1v) is 7.12. The van der Waals surface area contributed by atoms with E-state index in [1.165, 1.54) is 16.2 Å². The number of aromatic carboxylic acids is 1. The number of carbonyl (C=O) groups is 1. The predicted molar refractivity (Wildman–Crippen MR) is 73.1 cm³/mol. The molecule has 0 atom stereocenters. The minimum atomic E-state index is -0.870. The number of benzene rings is 1. The molecule has 0 aliphatic rings. The third-order valence-corrected chi connectivity index (χ3v) is 4.17. The van der Waals surface area contributed by atoms with Crippen molar-refractivity contribution in [2.45, 2.75) is 11.8 Å². The molecular formula is C13H12O2S2. The molecule has 88 valence electrons. The number of rotatable bonds is 4. The maximum atomic E-state index is 10.8. The largest absolute Gasteiger partial charge is 0.478 e. The number of hydrogen-bond donors (Lipinski definition) is 1. The van der Waals surface area contributed by atoms with E-state index in [1.807, 2.05) is 12.1 Å². The van der Waals surface area contributed by atoms with Crippen LogP contribution >= 0.6 is 23.1 Å². The molecule has 0 unspecified atom stereocenters. The second-order valence-corrected chi connectivity index (χ2v) is 5.71. The second kappa shape index (κ2) is 5.38. The highest BCUT2D eigenvalue weighted by atomic mass is 32.2. The second-order valence-electron chi connectivity index (χ2n) is 3.46. The lowest BCUT2D eigenvalue weighted by atomic mass is 10.2. The molecule has 4 heteroatoms. The Balaban J connectivity index is 2.23. The van der Waals surface area contributed by atoms with Crippen molar-refractivity contribution in [3.63, 3.8) is 0 Å². The summed E-state index contributed by atoms with van der Waals surface area (Å²) in [7, 11) is 0. The molecule has 0 spiro atoms. The van der Waals surface area contributed by atoms with Crippen molar-refractivity contribution in [1.29, 1.82) is 0 Å². The molecule has 1 aromatic heterocycles. The van der Waals surface area contributed by atoms with E-state index in [-0.39, 0.29) is 0 Å². The summed E-state index contributed by atoms with van der Waals surface area (Å²) in [4.78, 5) is 13.0. The summed E-state index contributed by atoms with van der Waals surface area (Å²) < 4.78 is 0. The van der Waals surface area contributed by atoms with E-state index in [0.717, 1.165) is 16.2 Å². The maximum absolute atomic E-state index is 10.8. The van der Waals surface area contributed by atoms with Crippen LogP contribution in [0.3, 0.4) is 0 Å². The van der Waals surface area contributed by atoms with Crippen molar-refractivity contribution < 1.29 is 9.90 Å². The van der Waals surface area contributed by atoms with Gasteiger partial charge in [-0.05, 0) is 29.5 Å². The van der Waals surface area contributed by atoms with Gasteiger partial charge in [-0.1, -0.05) is 19.1 Å². The smallest absolute Gasteiger partial charge is 0.336 e. The zero-order valence-corrected chi connectivity index (χ0v) is 11.0. The normalized spacial score (nSPS) is 10.4. The number of carboxylic acid groups (broad SMARTS) is 1. The monoisotopic (exact) mass is 264 g/mol. The molecule has 0 fully saturated rings. The Bertz CT molecular complexity index is 514. The van der Waals surface area contributed by atoms with Crippen LogP contribution in [0.1, 0.15) is 17.3 Å². The molecule has 0 saturated carbocycles. The minimum absolute atomic E-state index is 0.358. The molecule has 0 aliphatic carbocycles. The molecule has 0 amide bonds. The van der Waals surface area contributed by atoms with Crippen LogP contribution < -0.4 is 0 Å². The standard InChI is InChI=1S/C13H12O2S2/c1-2-16-11-5-3-9(4-6-11)12-7-10(8-17-12)13(14)15/h3-8H,2H2,1H3,(H,14,15). The lowest BCUT2D eigenvalue weighted by molar-refractivity contribution is 0.0697. The summed E-state index contributed by atoms with van der Waals surface area (Å²) in [6, 6.07) is 9.94. The maximum Gasteiger partial charge on any atom is 0.336 e. The van der Waals surface area contributed by atoms with E-state index in [4.69, 9.17) is 5.11 Å². The van der Waals surface area contributed by atoms with Crippen LogP contribution in [0.4, 0.5) is 0 Å². The number of carboxylic acids is 1. The highest BCUT2D eigenvalue weighted by molar-refractivity contribution is 7.99. The van der Waals surface area contributed by atoms with Gasteiger partial charge in [0.1, 0.15) is 0 Å². The molecule has 1 heterocycles. The predicted octanol–water partition coefficient (Wildman–Crippen LogP) is 4.23. The Hall–Kier alpha value is -1.26.